The topological polar surface area (TPSA) is 87.8 Å². The summed E-state index contributed by atoms with van der Waals surface area (Å²) < 4.78 is 34.2. The summed E-state index contributed by atoms with van der Waals surface area (Å²) in [4.78, 5) is 11.5. The molecule has 4 aromatic rings. The molecule has 0 fully saturated rings. The molecule has 0 spiro atoms. The van der Waals surface area contributed by atoms with E-state index in [0.29, 0.717) is 28.0 Å². The number of hydrogen-bond donors (Lipinski definition) is 1. The molecule has 3 aromatic carbocycles. The Kier molecular flexibility index (Phi) is 6.56. The van der Waals surface area contributed by atoms with E-state index in [1.165, 1.54) is 22.5 Å². The molecule has 0 saturated heterocycles. The van der Waals surface area contributed by atoms with Crippen LogP contribution in [0.4, 0.5) is 0 Å². The quantitative estimate of drug-likeness (QED) is 0.356. The van der Waals surface area contributed by atoms with Gasteiger partial charge in [0, 0.05) is 29.1 Å². The van der Waals surface area contributed by atoms with Gasteiger partial charge >= 0.3 is 5.97 Å². The predicted molar refractivity (Wildman–Crippen MR) is 127 cm³/mol. The molecule has 1 aromatic heterocycles. The first kappa shape index (κ1) is 23.0. The molecule has 33 heavy (non-hydrogen) atoms. The van der Waals surface area contributed by atoms with Crippen molar-refractivity contribution < 1.29 is 22.7 Å². The number of carbonyl (C=O) groups is 1. The highest BCUT2D eigenvalue weighted by molar-refractivity contribution is 7.89. The number of sulfonamides is 1. The van der Waals surface area contributed by atoms with Crippen LogP contribution in [-0.2, 0) is 23.0 Å². The van der Waals surface area contributed by atoms with Gasteiger partial charge in [0.15, 0.2) is 0 Å². The lowest BCUT2D eigenvalue weighted by Gasteiger charge is -2.23. The Morgan fingerprint density at radius 1 is 1.00 bits per heavy atom. The van der Waals surface area contributed by atoms with Crippen molar-refractivity contribution in [3.8, 4) is 0 Å². The fourth-order valence-corrected chi connectivity index (χ4v) is 5.40. The molecule has 0 aliphatic carbocycles. The molecule has 0 amide bonds. The van der Waals surface area contributed by atoms with Crippen LogP contribution in [0.25, 0.3) is 11.0 Å². The standard InChI is InChI=1S/C25H22ClNO5S/c1-17-22-15-21(10-11-23(22)32-24(17)25(28)29)33(30,31)27(13-12-18-6-3-2-4-7-18)16-19-8-5-9-20(26)14-19/h2-11,14-15H,12-13,16H2,1H3,(H,28,29). The maximum absolute atomic E-state index is 13.7. The second kappa shape index (κ2) is 9.39. The summed E-state index contributed by atoms with van der Waals surface area (Å²) in [6.45, 7) is 2.02. The third kappa shape index (κ3) is 4.95. The zero-order valence-electron chi connectivity index (χ0n) is 17.9. The van der Waals surface area contributed by atoms with Crippen LogP contribution in [0.3, 0.4) is 0 Å². The summed E-state index contributed by atoms with van der Waals surface area (Å²) in [6.07, 6.45) is 0.538. The number of furan rings is 1. The number of rotatable bonds is 8. The Hall–Kier alpha value is -3.13. The number of carboxylic acids is 1. The highest BCUT2D eigenvalue weighted by atomic mass is 35.5. The number of hydrogen-bond acceptors (Lipinski definition) is 4. The Bertz CT molecular complexity index is 1410. The van der Waals surface area contributed by atoms with Gasteiger partial charge in [-0.15, -0.1) is 0 Å². The highest BCUT2D eigenvalue weighted by Gasteiger charge is 2.26. The zero-order chi connectivity index (χ0) is 23.6. The number of halogens is 1. The third-order valence-corrected chi connectivity index (χ3v) is 7.56. The number of benzene rings is 3. The molecular weight excluding hydrogens is 462 g/mol. The number of aryl methyl sites for hydroxylation is 1. The number of aromatic carboxylic acids is 1. The fraction of sp³-hybridized carbons (Fsp3) is 0.160. The molecule has 0 saturated carbocycles. The van der Waals surface area contributed by atoms with E-state index < -0.39 is 16.0 Å². The summed E-state index contributed by atoms with van der Waals surface area (Å²) in [5.74, 6) is -1.39. The Balaban J connectivity index is 1.72. The fourth-order valence-electron chi connectivity index (χ4n) is 3.74. The zero-order valence-corrected chi connectivity index (χ0v) is 19.4. The van der Waals surface area contributed by atoms with E-state index in [1.54, 1.807) is 25.1 Å². The first-order chi connectivity index (χ1) is 15.8. The number of fused-ring (bicyclic) bond motifs is 1. The second-order valence-electron chi connectivity index (χ2n) is 7.72. The molecule has 0 atom stereocenters. The van der Waals surface area contributed by atoms with Crippen LogP contribution >= 0.6 is 11.6 Å². The average molecular weight is 484 g/mol. The lowest BCUT2D eigenvalue weighted by atomic mass is 10.1. The van der Waals surface area contributed by atoms with Gasteiger partial charge in [-0.2, -0.15) is 4.31 Å². The van der Waals surface area contributed by atoms with Gasteiger partial charge in [0.1, 0.15) is 5.58 Å². The maximum Gasteiger partial charge on any atom is 0.372 e. The van der Waals surface area contributed by atoms with Crippen molar-refractivity contribution >= 4 is 38.6 Å². The molecule has 0 unspecified atom stereocenters. The van der Waals surface area contributed by atoms with Gasteiger partial charge < -0.3 is 9.52 Å². The van der Waals surface area contributed by atoms with Gasteiger partial charge in [-0.05, 0) is 54.8 Å². The van der Waals surface area contributed by atoms with Crippen LogP contribution in [-0.4, -0.2) is 30.3 Å². The minimum atomic E-state index is -3.90. The highest BCUT2D eigenvalue weighted by Crippen LogP contribution is 2.29. The van der Waals surface area contributed by atoms with E-state index in [1.807, 2.05) is 36.4 Å². The minimum absolute atomic E-state index is 0.0749. The van der Waals surface area contributed by atoms with Crippen molar-refractivity contribution in [1.29, 1.82) is 0 Å². The SMILES string of the molecule is Cc1c(C(=O)O)oc2ccc(S(=O)(=O)N(CCc3ccccc3)Cc3cccc(Cl)c3)cc12. The van der Waals surface area contributed by atoms with E-state index >= 15 is 0 Å². The summed E-state index contributed by atoms with van der Waals surface area (Å²) >= 11 is 6.12. The molecule has 0 bridgehead atoms. The lowest BCUT2D eigenvalue weighted by Crippen LogP contribution is -2.32. The van der Waals surface area contributed by atoms with Crippen molar-refractivity contribution in [2.45, 2.75) is 24.8 Å². The van der Waals surface area contributed by atoms with Crippen LogP contribution in [0.1, 0.15) is 27.2 Å². The maximum atomic E-state index is 13.7. The number of carboxylic acid groups (broad SMARTS) is 1. The van der Waals surface area contributed by atoms with Crippen molar-refractivity contribution in [2.75, 3.05) is 6.54 Å². The summed E-state index contributed by atoms with van der Waals surface area (Å²) in [5, 5.41) is 10.3. The third-order valence-electron chi connectivity index (χ3n) is 5.48. The minimum Gasteiger partial charge on any atom is -0.475 e. The molecule has 0 aliphatic rings. The van der Waals surface area contributed by atoms with Gasteiger partial charge in [0.05, 0.1) is 4.90 Å². The molecule has 1 N–H and O–H groups in total. The van der Waals surface area contributed by atoms with E-state index in [-0.39, 0.29) is 23.7 Å². The second-order valence-corrected chi connectivity index (χ2v) is 10.1. The molecule has 4 rings (SSSR count). The summed E-state index contributed by atoms with van der Waals surface area (Å²) in [7, 11) is -3.90. The van der Waals surface area contributed by atoms with E-state index in [4.69, 9.17) is 16.0 Å². The summed E-state index contributed by atoms with van der Waals surface area (Å²) in [6, 6.07) is 21.2. The smallest absolute Gasteiger partial charge is 0.372 e. The first-order valence-electron chi connectivity index (χ1n) is 10.3. The molecule has 8 heteroatoms. The van der Waals surface area contributed by atoms with Crippen LogP contribution in [0.5, 0.6) is 0 Å². The Labute approximate surface area is 197 Å². The van der Waals surface area contributed by atoms with Crippen LogP contribution in [0.15, 0.2) is 82.1 Å². The molecule has 0 radical (unpaired) electrons. The molecule has 170 valence electrons. The van der Waals surface area contributed by atoms with Crippen molar-refractivity contribution in [2.24, 2.45) is 0 Å². The van der Waals surface area contributed by atoms with E-state index in [9.17, 15) is 18.3 Å². The van der Waals surface area contributed by atoms with Crippen LogP contribution in [0, 0.1) is 6.92 Å². The van der Waals surface area contributed by atoms with Crippen molar-refractivity contribution in [1.82, 2.24) is 4.31 Å². The molecule has 6 nitrogen and oxygen atoms in total. The van der Waals surface area contributed by atoms with Gasteiger partial charge in [-0.25, -0.2) is 13.2 Å². The van der Waals surface area contributed by atoms with Gasteiger partial charge in [0.2, 0.25) is 15.8 Å². The van der Waals surface area contributed by atoms with Crippen molar-refractivity contribution in [3.63, 3.8) is 0 Å². The number of nitrogens with zero attached hydrogens (tertiary/aromatic N) is 1. The van der Waals surface area contributed by atoms with Crippen molar-refractivity contribution in [3.05, 3.63) is 100 Å². The molecule has 0 aliphatic heterocycles. The molecular formula is C25H22ClNO5S. The van der Waals surface area contributed by atoms with E-state index in [0.717, 1.165) is 11.1 Å². The summed E-state index contributed by atoms with van der Waals surface area (Å²) in [5.41, 5.74) is 2.51. The Morgan fingerprint density at radius 2 is 1.73 bits per heavy atom. The van der Waals surface area contributed by atoms with E-state index in [2.05, 4.69) is 0 Å². The Morgan fingerprint density at radius 3 is 2.42 bits per heavy atom. The monoisotopic (exact) mass is 483 g/mol. The normalized spacial score (nSPS) is 11.8. The molecule has 1 heterocycles. The van der Waals surface area contributed by atoms with Gasteiger partial charge in [-0.3, -0.25) is 0 Å². The van der Waals surface area contributed by atoms with Crippen LogP contribution in [0.2, 0.25) is 5.02 Å². The first-order valence-corrected chi connectivity index (χ1v) is 12.1. The van der Waals surface area contributed by atoms with Crippen LogP contribution < -0.4 is 0 Å². The van der Waals surface area contributed by atoms with Gasteiger partial charge in [0.25, 0.3) is 0 Å². The predicted octanol–water partition coefficient (Wildman–Crippen LogP) is 5.53. The lowest BCUT2D eigenvalue weighted by molar-refractivity contribution is 0.0664. The average Bonchev–Trinajstić information content (AvgIpc) is 3.13. The van der Waals surface area contributed by atoms with Gasteiger partial charge in [-0.1, -0.05) is 54.1 Å². The largest absolute Gasteiger partial charge is 0.475 e.